The molecular weight excluding hydrogens is 263 g/mol. The summed E-state index contributed by atoms with van der Waals surface area (Å²) in [6.45, 7) is 2.57. The summed E-state index contributed by atoms with van der Waals surface area (Å²) in [5.74, 6) is 2.03. The van der Waals surface area contributed by atoms with Crippen molar-refractivity contribution >= 4 is 28.4 Å². The van der Waals surface area contributed by atoms with Crippen LogP contribution in [0.3, 0.4) is 0 Å². The highest BCUT2D eigenvalue weighted by Crippen LogP contribution is 2.19. The molecule has 5 heteroatoms. The third-order valence-corrected chi connectivity index (χ3v) is 4.54. The minimum absolute atomic E-state index is 0.0961. The van der Waals surface area contributed by atoms with Crippen LogP contribution in [0.5, 0.6) is 0 Å². The Morgan fingerprint density at radius 1 is 1.37 bits per heavy atom. The Kier molecular flexibility index (Phi) is 3.57. The number of hydrogen-bond donors (Lipinski definition) is 2. The second kappa shape index (κ2) is 5.35. The van der Waals surface area contributed by atoms with E-state index in [0.29, 0.717) is 17.5 Å². The number of ketones is 1. The molecule has 0 unspecified atom stereocenters. The summed E-state index contributed by atoms with van der Waals surface area (Å²) in [6.07, 6.45) is 1.70. The zero-order valence-corrected chi connectivity index (χ0v) is 11.4. The number of halogens is 1. The SMILES string of the molecule is O=C(C[NH+]1CCSCC1)c1c[nH]c2ccc(F)cc12. The first kappa shape index (κ1) is 12.7. The molecule has 1 aliphatic rings. The lowest BCUT2D eigenvalue weighted by molar-refractivity contribution is -0.887. The third kappa shape index (κ3) is 2.67. The number of hydrogen-bond acceptors (Lipinski definition) is 2. The van der Waals surface area contributed by atoms with Crippen molar-refractivity contribution < 1.29 is 14.1 Å². The summed E-state index contributed by atoms with van der Waals surface area (Å²) in [7, 11) is 0. The summed E-state index contributed by atoms with van der Waals surface area (Å²) in [5.41, 5.74) is 1.43. The number of thioether (sulfide) groups is 1. The largest absolute Gasteiger partial charge is 0.360 e. The Morgan fingerprint density at radius 3 is 2.95 bits per heavy atom. The standard InChI is InChI=1S/C14H15FN2OS/c15-10-1-2-13-11(7-10)12(8-16-13)14(18)9-17-3-5-19-6-4-17/h1-2,7-8,16H,3-6,9H2/p+1. The average Bonchev–Trinajstić information content (AvgIpc) is 2.82. The van der Waals surface area contributed by atoms with Crippen LogP contribution in [-0.2, 0) is 0 Å². The van der Waals surface area contributed by atoms with Crippen molar-refractivity contribution in [2.75, 3.05) is 31.1 Å². The highest BCUT2D eigenvalue weighted by molar-refractivity contribution is 7.99. The minimum Gasteiger partial charge on any atom is -0.360 e. The summed E-state index contributed by atoms with van der Waals surface area (Å²) < 4.78 is 13.3. The van der Waals surface area contributed by atoms with Gasteiger partial charge in [0.2, 0.25) is 5.78 Å². The van der Waals surface area contributed by atoms with E-state index in [1.807, 2.05) is 11.8 Å². The molecule has 19 heavy (non-hydrogen) atoms. The maximum absolute atomic E-state index is 13.3. The Bertz CT molecular complexity index is 605. The Labute approximate surface area is 115 Å². The van der Waals surface area contributed by atoms with Crippen LogP contribution >= 0.6 is 11.8 Å². The van der Waals surface area contributed by atoms with Crippen molar-refractivity contribution in [2.45, 2.75) is 0 Å². The number of fused-ring (bicyclic) bond motifs is 1. The van der Waals surface area contributed by atoms with Crippen LogP contribution in [0.2, 0.25) is 0 Å². The predicted molar refractivity (Wildman–Crippen MR) is 75.5 cm³/mol. The van der Waals surface area contributed by atoms with Gasteiger partial charge in [-0.1, -0.05) is 0 Å². The highest BCUT2D eigenvalue weighted by Gasteiger charge is 2.20. The fraction of sp³-hybridized carbons (Fsp3) is 0.357. The number of quaternary nitrogens is 1. The number of carbonyl (C=O) groups is 1. The first-order valence-corrected chi connectivity index (χ1v) is 7.60. The van der Waals surface area contributed by atoms with Gasteiger partial charge in [0.15, 0.2) is 0 Å². The highest BCUT2D eigenvalue weighted by atomic mass is 32.2. The number of aromatic nitrogens is 1. The van der Waals surface area contributed by atoms with Crippen LogP contribution in [0.1, 0.15) is 10.4 Å². The zero-order valence-electron chi connectivity index (χ0n) is 10.5. The van der Waals surface area contributed by atoms with Crippen molar-refractivity contribution in [3.8, 4) is 0 Å². The molecule has 100 valence electrons. The van der Waals surface area contributed by atoms with Gasteiger partial charge in [0, 0.05) is 34.2 Å². The van der Waals surface area contributed by atoms with Crippen LogP contribution in [-0.4, -0.2) is 41.9 Å². The van der Waals surface area contributed by atoms with Gasteiger partial charge in [0.1, 0.15) is 12.4 Å². The maximum Gasteiger partial charge on any atom is 0.219 e. The van der Waals surface area contributed by atoms with Gasteiger partial charge in [0.05, 0.1) is 13.1 Å². The molecule has 2 N–H and O–H groups in total. The number of aromatic amines is 1. The molecule has 1 aliphatic heterocycles. The lowest BCUT2D eigenvalue weighted by Gasteiger charge is -2.22. The van der Waals surface area contributed by atoms with Gasteiger partial charge in [0.25, 0.3) is 0 Å². The summed E-state index contributed by atoms with van der Waals surface area (Å²) >= 11 is 1.94. The van der Waals surface area contributed by atoms with Crippen LogP contribution in [0.15, 0.2) is 24.4 Å². The van der Waals surface area contributed by atoms with Gasteiger partial charge in [-0.15, -0.1) is 0 Å². The molecule has 2 heterocycles. The van der Waals surface area contributed by atoms with E-state index in [1.54, 1.807) is 12.3 Å². The van der Waals surface area contributed by atoms with E-state index in [1.165, 1.54) is 17.0 Å². The monoisotopic (exact) mass is 279 g/mol. The lowest BCUT2D eigenvalue weighted by atomic mass is 10.1. The molecule has 1 aromatic heterocycles. The molecule has 0 spiro atoms. The molecule has 0 atom stereocenters. The zero-order chi connectivity index (χ0) is 13.2. The van der Waals surface area contributed by atoms with Crippen LogP contribution in [0, 0.1) is 5.82 Å². The first-order valence-electron chi connectivity index (χ1n) is 6.45. The van der Waals surface area contributed by atoms with Crippen molar-refractivity contribution in [2.24, 2.45) is 0 Å². The van der Waals surface area contributed by atoms with Crippen LogP contribution < -0.4 is 4.90 Å². The lowest BCUT2D eigenvalue weighted by Crippen LogP contribution is -3.14. The molecule has 1 saturated heterocycles. The molecule has 1 fully saturated rings. The molecule has 0 bridgehead atoms. The van der Waals surface area contributed by atoms with Gasteiger partial charge in [-0.2, -0.15) is 11.8 Å². The summed E-state index contributed by atoms with van der Waals surface area (Å²) in [5, 5.41) is 0.691. The molecule has 1 aromatic carbocycles. The van der Waals surface area contributed by atoms with Crippen molar-refractivity contribution in [1.29, 1.82) is 0 Å². The van der Waals surface area contributed by atoms with Gasteiger partial charge < -0.3 is 9.88 Å². The number of rotatable bonds is 3. The molecule has 0 amide bonds. The van der Waals surface area contributed by atoms with E-state index in [-0.39, 0.29) is 11.6 Å². The van der Waals surface area contributed by atoms with E-state index in [0.717, 1.165) is 30.1 Å². The molecule has 0 saturated carbocycles. The third-order valence-electron chi connectivity index (χ3n) is 3.55. The molecule has 2 aromatic rings. The van der Waals surface area contributed by atoms with Crippen molar-refractivity contribution in [3.63, 3.8) is 0 Å². The molecular formula is C14H16FN2OS+. The Hall–Kier alpha value is -1.33. The Morgan fingerprint density at radius 2 is 2.16 bits per heavy atom. The molecule has 0 aliphatic carbocycles. The summed E-state index contributed by atoms with van der Waals surface area (Å²) in [6, 6.07) is 4.51. The van der Waals surface area contributed by atoms with Crippen molar-refractivity contribution in [3.05, 3.63) is 35.8 Å². The van der Waals surface area contributed by atoms with E-state index >= 15 is 0 Å². The van der Waals surface area contributed by atoms with Gasteiger partial charge >= 0.3 is 0 Å². The number of Topliss-reactive ketones (excluding diaryl/α,β-unsaturated/α-hetero) is 1. The topological polar surface area (TPSA) is 37.3 Å². The molecule has 0 radical (unpaired) electrons. The normalized spacial score (nSPS) is 16.9. The fourth-order valence-corrected chi connectivity index (χ4v) is 3.55. The smallest absolute Gasteiger partial charge is 0.219 e. The van der Waals surface area contributed by atoms with Gasteiger partial charge in [-0.3, -0.25) is 4.79 Å². The number of benzene rings is 1. The van der Waals surface area contributed by atoms with E-state index in [4.69, 9.17) is 0 Å². The average molecular weight is 279 g/mol. The molecule has 3 rings (SSSR count). The second-order valence-corrected chi connectivity index (χ2v) is 6.08. The quantitative estimate of drug-likeness (QED) is 0.826. The number of nitrogens with one attached hydrogen (secondary N) is 2. The fourth-order valence-electron chi connectivity index (χ4n) is 2.48. The Balaban J connectivity index is 1.82. The van der Waals surface area contributed by atoms with Crippen LogP contribution in [0.25, 0.3) is 10.9 Å². The molecule has 3 nitrogen and oxygen atoms in total. The van der Waals surface area contributed by atoms with Gasteiger partial charge in [-0.05, 0) is 18.2 Å². The number of H-pyrrole nitrogens is 1. The van der Waals surface area contributed by atoms with E-state index < -0.39 is 0 Å². The van der Waals surface area contributed by atoms with Crippen LogP contribution in [0.4, 0.5) is 4.39 Å². The predicted octanol–water partition coefficient (Wildman–Crippen LogP) is 1.12. The number of carbonyl (C=O) groups excluding carboxylic acids is 1. The summed E-state index contributed by atoms with van der Waals surface area (Å²) in [4.78, 5) is 16.7. The minimum atomic E-state index is -0.303. The van der Waals surface area contributed by atoms with Crippen molar-refractivity contribution in [1.82, 2.24) is 4.98 Å². The second-order valence-electron chi connectivity index (χ2n) is 4.85. The van der Waals surface area contributed by atoms with Gasteiger partial charge in [-0.25, -0.2) is 4.39 Å². The van der Waals surface area contributed by atoms with E-state index in [9.17, 15) is 9.18 Å². The first-order chi connectivity index (χ1) is 9.24. The van der Waals surface area contributed by atoms with E-state index in [2.05, 4.69) is 4.98 Å². The maximum atomic E-state index is 13.3.